The summed E-state index contributed by atoms with van der Waals surface area (Å²) in [4.78, 5) is 22.7. The highest BCUT2D eigenvalue weighted by Gasteiger charge is 2.25. The minimum Gasteiger partial charge on any atom is -0.375 e. The van der Waals surface area contributed by atoms with Crippen LogP contribution in [0.25, 0.3) is 10.9 Å². The number of benzene rings is 1. The number of nitrogen functional groups attached to an aromatic ring is 1. The predicted octanol–water partition coefficient (Wildman–Crippen LogP) is 3.20. The first-order chi connectivity index (χ1) is 11.0. The summed E-state index contributed by atoms with van der Waals surface area (Å²) < 4.78 is 13.4. The summed E-state index contributed by atoms with van der Waals surface area (Å²) in [6.07, 6.45) is 0.685. The summed E-state index contributed by atoms with van der Waals surface area (Å²) in [6, 6.07) is 4.23. The van der Waals surface area contributed by atoms with Crippen molar-refractivity contribution < 1.29 is 9.18 Å². The fraction of sp³-hybridized carbons (Fsp3) is 0.200. The summed E-state index contributed by atoms with van der Waals surface area (Å²) in [7, 11) is 0. The molecule has 1 aromatic carbocycles. The van der Waals surface area contributed by atoms with E-state index >= 15 is 0 Å². The summed E-state index contributed by atoms with van der Waals surface area (Å²) >= 11 is 7.44. The standard InChI is InChI=1S/C15H12ClFN4OS/c16-9-3-7(17)4-11-8(9)5-12(19-11)14(22)21-2-1-10-13(6-21)23-15(18)20-10/h3-5,19H,1-2,6H2,(H2,18,20). The summed E-state index contributed by atoms with van der Waals surface area (Å²) in [5.41, 5.74) is 7.60. The molecule has 0 bridgehead atoms. The molecule has 3 N–H and O–H groups in total. The van der Waals surface area contributed by atoms with Crippen molar-refractivity contribution >= 4 is 44.9 Å². The molecule has 0 spiro atoms. The number of amides is 1. The molecule has 4 rings (SSSR count). The summed E-state index contributed by atoms with van der Waals surface area (Å²) in [5.74, 6) is -0.582. The van der Waals surface area contributed by atoms with E-state index in [0.29, 0.717) is 41.2 Å². The number of aromatic amines is 1. The van der Waals surface area contributed by atoms with Crippen molar-refractivity contribution in [2.45, 2.75) is 13.0 Å². The number of carbonyl (C=O) groups is 1. The Balaban J connectivity index is 1.66. The van der Waals surface area contributed by atoms with E-state index in [4.69, 9.17) is 17.3 Å². The first kappa shape index (κ1) is 14.5. The lowest BCUT2D eigenvalue weighted by molar-refractivity contribution is 0.0731. The van der Waals surface area contributed by atoms with Gasteiger partial charge in [-0.05, 0) is 18.2 Å². The molecule has 2 aromatic heterocycles. The van der Waals surface area contributed by atoms with E-state index in [9.17, 15) is 9.18 Å². The van der Waals surface area contributed by atoms with Gasteiger partial charge in [0.15, 0.2) is 5.13 Å². The fourth-order valence-corrected chi connectivity index (χ4v) is 3.99. The largest absolute Gasteiger partial charge is 0.375 e. The predicted molar refractivity (Wildman–Crippen MR) is 88.2 cm³/mol. The van der Waals surface area contributed by atoms with Gasteiger partial charge in [-0.3, -0.25) is 4.79 Å². The monoisotopic (exact) mass is 350 g/mol. The SMILES string of the molecule is Nc1nc2c(s1)CN(C(=O)c1cc3c(Cl)cc(F)cc3[nH]1)CC2. The van der Waals surface area contributed by atoms with Crippen LogP contribution in [0, 0.1) is 5.82 Å². The molecule has 8 heteroatoms. The van der Waals surface area contributed by atoms with E-state index in [1.807, 2.05) is 0 Å². The third-order valence-corrected chi connectivity index (χ3v) is 5.14. The number of rotatable bonds is 1. The number of thiazole rings is 1. The molecule has 0 aliphatic carbocycles. The van der Waals surface area contributed by atoms with Crippen molar-refractivity contribution in [3.05, 3.63) is 45.3 Å². The Morgan fingerprint density at radius 2 is 2.26 bits per heavy atom. The van der Waals surface area contributed by atoms with Crippen molar-refractivity contribution in [2.24, 2.45) is 0 Å². The van der Waals surface area contributed by atoms with Crippen LogP contribution in [0.3, 0.4) is 0 Å². The van der Waals surface area contributed by atoms with Crippen LogP contribution in [0.2, 0.25) is 5.02 Å². The van der Waals surface area contributed by atoms with Crippen LogP contribution in [0.4, 0.5) is 9.52 Å². The van der Waals surface area contributed by atoms with Gasteiger partial charge in [0.25, 0.3) is 5.91 Å². The molecule has 1 amide bonds. The minimum absolute atomic E-state index is 0.143. The van der Waals surface area contributed by atoms with Crippen molar-refractivity contribution in [2.75, 3.05) is 12.3 Å². The lowest BCUT2D eigenvalue weighted by atomic mass is 10.1. The average molecular weight is 351 g/mol. The molecular weight excluding hydrogens is 339 g/mol. The Labute approximate surface area is 139 Å². The Hall–Kier alpha value is -2.12. The third kappa shape index (κ3) is 2.46. The number of nitrogens with zero attached hydrogens (tertiary/aromatic N) is 2. The smallest absolute Gasteiger partial charge is 0.270 e. The van der Waals surface area contributed by atoms with Crippen molar-refractivity contribution in [3.63, 3.8) is 0 Å². The van der Waals surface area contributed by atoms with E-state index in [0.717, 1.165) is 10.6 Å². The Kier molecular flexibility index (Phi) is 3.28. The van der Waals surface area contributed by atoms with Gasteiger partial charge in [-0.25, -0.2) is 9.37 Å². The lowest BCUT2D eigenvalue weighted by Crippen LogP contribution is -2.35. The van der Waals surface area contributed by atoms with Gasteiger partial charge in [-0.2, -0.15) is 0 Å². The Morgan fingerprint density at radius 3 is 3.09 bits per heavy atom. The molecule has 0 fully saturated rings. The summed E-state index contributed by atoms with van der Waals surface area (Å²) in [5, 5.41) is 1.44. The average Bonchev–Trinajstić information content (AvgIpc) is 3.07. The van der Waals surface area contributed by atoms with Crippen LogP contribution in [0.1, 0.15) is 21.1 Å². The van der Waals surface area contributed by atoms with Crippen LogP contribution in [-0.2, 0) is 13.0 Å². The van der Waals surface area contributed by atoms with Crippen LogP contribution in [0.15, 0.2) is 18.2 Å². The molecule has 3 heterocycles. The number of anilines is 1. The third-order valence-electron chi connectivity index (χ3n) is 3.92. The number of H-pyrrole nitrogens is 1. The number of carbonyl (C=O) groups excluding carboxylic acids is 1. The number of halogens is 2. The van der Waals surface area contributed by atoms with Crippen LogP contribution in [0.5, 0.6) is 0 Å². The van der Waals surface area contributed by atoms with E-state index in [1.54, 1.807) is 11.0 Å². The molecule has 23 heavy (non-hydrogen) atoms. The van der Waals surface area contributed by atoms with E-state index in [-0.39, 0.29) is 10.9 Å². The van der Waals surface area contributed by atoms with Gasteiger partial charge in [0, 0.05) is 23.2 Å². The maximum Gasteiger partial charge on any atom is 0.270 e. The molecule has 3 aromatic rings. The van der Waals surface area contributed by atoms with Crippen molar-refractivity contribution in [1.29, 1.82) is 0 Å². The van der Waals surface area contributed by atoms with E-state index < -0.39 is 5.82 Å². The summed E-state index contributed by atoms with van der Waals surface area (Å²) in [6.45, 7) is 1.06. The normalized spacial score (nSPS) is 14.3. The molecule has 0 saturated carbocycles. The number of fused-ring (bicyclic) bond motifs is 2. The van der Waals surface area contributed by atoms with Gasteiger partial charge >= 0.3 is 0 Å². The highest BCUT2D eigenvalue weighted by molar-refractivity contribution is 7.15. The maximum absolute atomic E-state index is 13.4. The molecule has 0 atom stereocenters. The first-order valence-electron chi connectivity index (χ1n) is 7.02. The number of nitrogens with one attached hydrogen (secondary N) is 1. The molecule has 0 unspecified atom stereocenters. The molecule has 118 valence electrons. The minimum atomic E-state index is -0.439. The molecule has 1 aliphatic heterocycles. The van der Waals surface area contributed by atoms with Gasteiger partial charge < -0.3 is 15.6 Å². The molecule has 0 saturated heterocycles. The lowest BCUT2D eigenvalue weighted by Gasteiger charge is -2.25. The quantitative estimate of drug-likeness (QED) is 0.707. The van der Waals surface area contributed by atoms with E-state index in [2.05, 4.69) is 9.97 Å². The molecule has 0 radical (unpaired) electrons. The van der Waals surface area contributed by atoms with Gasteiger partial charge in [0.1, 0.15) is 11.5 Å². The van der Waals surface area contributed by atoms with Gasteiger partial charge in [-0.15, -0.1) is 11.3 Å². The zero-order valence-electron chi connectivity index (χ0n) is 11.9. The van der Waals surface area contributed by atoms with E-state index in [1.165, 1.54) is 23.5 Å². The second kappa shape index (κ2) is 5.21. The molecule has 5 nitrogen and oxygen atoms in total. The van der Waals surface area contributed by atoms with Crippen molar-refractivity contribution in [3.8, 4) is 0 Å². The van der Waals surface area contributed by atoms with Crippen LogP contribution < -0.4 is 5.73 Å². The molecule has 1 aliphatic rings. The fourth-order valence-electron chi connectivity index (χ4n) is 2.83. The van der Waals surface area contributed by atoms with Gasteiger partial charge in [0.2, 0.25) is 0 Å². The van der Waals surface area contributed by atoms with Gasteiger partial charge in [0.05, 0.1) is 22.8 Å². The number of hydrogen-bond donors (Lipinski definition) is 2. The Morgan fingerprint density at radius 1 is 1.43 bits per heavy atom. The maximum atomic E-state index is 13.4. The zero-order valence-corrected chi connectivity index (χ0v) is 13.5. The van der Waals surface area contributed by atoms with Crippen LogP contribution >= 0.6 is 22.9 Å². The number of aromatic nitrogens is 2. The second-order valence-electron chi connectivity index (χ2n) is 5.43. The Bertz CT molecular complexity index is 935. The molecular formula is C15H12ClFN4OS. The van der Waals surface area contributed by atoms with Crippen molar-refractivity contribution in [1.82, 2.24) is 14.9 Å². The highest BCUT2D eigenvalue weighted by Crippen LogP contribution is 2.29. The topological polar surface area (TPSA) is 75.0 Å². The highest BCUT2D eigenvalue weighted by atomic mass is 35.5. The van der Waals surface area contributed by atoms with Gasteiger partial charge in [-0.1, -0.05) is 11.6 Å². The first-order valence-corrected chi connectivity index (χ1v) is 8.22. The van der Waals surface area contributed by atoms with Crippen LogP contribution in [-0.4, -0.2) is 27.3 Å². The second-order valence-corrected chi connectivity index (χ2v) is 6.95. The zero-order chi connectivity index (χ0) is 16.1. The number of hydrogen-bond acceptors (Lipinski definition) is 4. The number of nitrogens with two attached hydrogens (primary N) is 1.